The first-order valence-electron chi connectivity index (χ1n) is 9.36. The maximum atomic E-state index is 11.0. The largest absolute Gasteiger partial charge is 0.303 e. The summed E-state index contributed by atoms with van der Waals surface area (Å²) in [7, 11) is 0. The van der Waals surface area contributed by atoms with Gasteiger partial charge in [-0.1, -0.05) is 44.7 Å². The molecule has 0 spiro atoms. The first-order valence-corrected chi connectivity index (χ1v) is 9.36. The molecule has 0 N–H and O–H groups in total. The van der Waals surface area contributed by atoms with Crippen molar-refractivity contribution in [1.29, 1.82) is 0 Å². The molecular weight excluding hydrogens is 294 g/mol. The van der Waals surface area contributed by atoms with Crippen LogP contribution in [0.2, 0.25) is 0 Å². The van der Waals surface area contributed by atoms with Crippen molar-refractivity contribution in [2.75, 3.05) is 6.54 Å². The molecule has 24 heavy (non-hydrogen) atoms. The third-order valence-corrected chi connectivity index (χ3v) is 5.37. The Labute approximate surface area is 150 Å². The topological polar surface area (TPSA) is 20.3 Å². The molecule has 0 bridgehead atoms. The molecule has 0 saturated carbocycles. The van der Waals surface area contributed by atoms with E-state index in [1.807, 2.05) is 13.0 Å². The van der Waals surface area contributed by atoms with E-state index in [-0.39, 0.29) is 11.1 Å². The molecule has 0 aromatic heterocycles. The number of aldehydes is 1. The Kier molecular flexibility index (Phi) is 10.1. The van der Waals surface area contributed by atoms with Gasteiger partial charge in [0.2, 0.25) is 0 Å². The second-order valence-electron chi connectivity index (χ2n) is 7.79. The average molecular weight is 334 g/mol. The minimum absolute atomic E-state index is 0.119. The second-order valence-corrected chi connectivity index (χ2v) is 7.79. The molecule has 0 aromatic carbocycles. The highest BCUT2D eigenvalue weighted by Crippen LogP contribution is 2.33. The molecule has 0 rings (SSSR count). The zero-order valence-electron chi connectivity index (χ0n) is 17.1. The summed E-state index contributed by atoms with van der Waals surface area (Å²) >= 11 is 0. The van der Waals surface area contributed by atoms with Crippen LogP contribution >= 0.6 is 0 Å². The highest BCUT2D eigenvalue weighted by atomic mass is 16.1. The van der Waals surface area contributed by atoms with Crippen LogP contribution in [0.25, 0.3) is 0 Å². The van der Waals surface area contributed by atoms with E-state index in [9.17, 15) is 4.79 Å². The van der Waals surface area contributed by atoms with E-state index >= 15 is 0 Å². The summed E-state index contributed by atoms with van der Waals surface area (Å²) in [5.41, 5.74) is 1.50. The van der Waals surface area contributed by atoms with Gasteiger partial charge < -0.3 is 4.79 Å². The van der Waals surface area contributed by atoms with Crippen molar-refractivity contribution >= 4 is 6.29 Å². The maximum Gasteiger partial charge on any atom is 0.120 e. The summed E-state index contributed by atoms with van der Waals surface area (Å²) in [5.74, 6) is 0.334. The van der Waals surface area contributed by atoms with Crippen molar-refractivity contribution in [1.82, 2.24) is 4.90 Å². The number of carbonyl (C=O) groups is 1. The van der Waals surface area contributed by atoms with Gasteiger partial charge in [-0.05, 0) is 65.4 Å². The van der Waals surface area contributed by atoms with Gasteiger partial charge in [-0.2, -0.15) is 0 Å². The highest BCUT2D eigenvalue weighted by Gasteiger charge is 2.37. The Morgan fingerprint density at radius 1 is 1.12 bits per heavy atom. The lowest BCUT2D eigenvalue weighted by Gasteiger charge is -2.50. The molecule has 1 atom stereocenters. The molecule has 0 aliphatic carbocycles. The van der Waals surface area contributed by atoms with Crippen molar-refractivity contribution in [3.63, 3.8) is 0 Å². The minimum Gasteiger partial charge on any atom is -0.303 e. The van der Waals surface area contributed by atoms with E-state index in [0.717, 1.165) is 32.1 Å². The molecule has 0 amide bonds. The lowest BCUT2D eigenvalue weighted by molar-refractivity contribution is -0.108. The van der Waals surface area contributed by atoms with E-state index in [1.54, 1.807) is 0 Å². The van der Waals surface area contributed by atoms with Gasteiger partial charge in [0.25, 0.3) is 0 Å². The van der Waals surface area contributed by atoms with Gasteiger partial charge in [-0.15, -0.1) is 0 Å². The predicted octanol–water partition coefficient (Wildman–Crippen LogP) is 5.95. The molecule has 0 fully saturated rings. The summed E-state index contributed by atoms with van der Waals surface area (Å²) in [6.07, 6.45) is 12.9. The molecule has 1 unspecified atom stereocenters. The first-order chi connectivity index (χ1) is 11.2. The van der Waals surface area contributed by atoms with Crippen molar-refractivity contribution in [2.24, 2.45) is 5.92 Å². The van der Waals surface area contributed by atoms with Crippen LogP contribution < -0.4 is 0 Å². The lowest BCUT2D eigenvalue weighted by Crippen LogP contribution is -2.56. The fraction of sp³-hybridized carbons (Fsp3) is 0.682. The molecule has 0 radical (unpaired) electrons. The molecule has 2 heteroatoms. The number of carbonyl (C=O) groups excluding carboxylic acids is 1. The van der Waals surface area contributed by atoms with Crippen LogP contribution in [0.1, 0.15) is 74.1 Å². The van der Waals surface area contributed by atoms with Crippen molar-refractivity contribution in [3.8, 4) is 0 Å². The van der Waals surface area contributed by atoms with Gasteiger partial charge >= 0.3 is 0 Å². The van der Waals surface area contributed by atoms with Crippen LogP contribution in [0.3, 0.4) is 0 Å². The molecule has 2 nitrogen and oxygen atoms in total. The van der Waals surface area contributed by atoms with Gasteiger partial charge in [0.05, 0.1) is 0 Å². The highest BCUT2D eigenvalue weighted by molar-refractivity contribution is 5.49. The fourth-order valence-electron chi connectivity index (χ4n) is 3.20. The molecule has 0 heterocycles. The Morgan fingerprint density at radius 3 is 2.04 bits per heavy atom. The minimum atomic E-state index is 0.119. The quantitative estimate of drug-likeness (QED) is 0.325. The normalized spacial score (nSPS) is 15.1. The molecule has 0 aromatic rings. The summed E-state index contributed by atoms with van der Waals surface area (Å²) in [5, 5.41) is 0. The molecule has 0 aliphatic heterocycles. The summed E-state index contributed by atoms with van der Waals surface area (Å²) in [6.45, 7) is 20.7. The summed E-state index contributed by atoms with van der Waals surface area (Å²) < 4.78 is 0. The number of allylic oxidation sites excluding steroid dienone is 4. The van der Waals surface area contributed by atoms with E-state index in [1.165, 1.54) is 5.57 Å². The monoisotopic (exact) mass is 333 g/mol. The Morgan fingerprint density at radius 2 is 1.67 bits per heavy atom. The van der Waals surface area contributed by atoms with Gasteiger partial charge in [-0.3, -0.25) is 4.90 Å². The number of hydrogen-bond donors (Lipinski definition) is 0. The molecule has 138 valence electrons. The third-order valence-electron chi connectivity index (χ3n) is 5.37. The average Bonchev–Trinajstić information content (AvgIpc) is 2.54. The van der Waals surface area contributed by atoms with E-state index < -0.39 is 0 Å². The molecule has 0 saturated heterocycles. The van der Waals surface area contributed by atoms with Crippen molar-refractivity contribution < 1.29 is 4.79 Å². The van der Waals surface area contributed by atoms with Crippen LogP contribution in [0.5, 0.6) is 0 Å². The molecular formula is C22H39NO. The fourth-order valence-corrected chi connectivity index (χ4v) is 3.20. The lowest BCUT2D eigenvalue weighted by atomic mass is 9.84. The third kappa shape index (κ3) is 6.76. The number of nitrogens with zero attached hydrogens (tertiary/aromatic N) is 1. The van der Waals surface area contributed by atoms with E-state index in [2.05, 4.69) is 71.2 Å². The maximum absolute atomic E-state index is 11.0. The summed E-state index contributed by atoms with van der Waals surface area (Å²) in [6, 6.07) is 0. The van der Waals surface area contributed by atoms with E-state index in [0.29, 0.717) is 12.3 Å². The Balaban J connectivity index is 5.78. The smallest absolute Gasteiger partial charge is 0.120 e. The van der Waals surface area contributed by atoms with Crippen LogP contribution in [0, 0.1) is 5.92 Å². The van der Waals surface area contributed by atoms with Gasteiger partial charge in [0.1, 0.15) is 6.29 Å². The van der Waals surface area contributed by atoms with Gasteiger partial charge in [0.15, 0.2) is 0 Å². The standard InChI is InChI=1S/C22H39NO/c1-9-14-19(15-10-2)20(16-13-17-24)18-23(21(5,6)11-3)22(7,8)12-4/h9-10,14-15,17,20H,1,11-13,16,18H2,2-8H3/b15-10-,19-14+. The zero-order valence-corrected chi connectivity index (χ0v) is 17.1. The SMILES string of the molecule is C=C/C=C(\C=C/C)C(CCC=O)CN(C(C)(C)CC)C(C)(C)CC. The van der Waals surface area contributed by atoms with Crippen LogP contribution in [-0.2, 0) is 4.79 Å². The van der Waals surface area contributed by atoms with Crippen molar-refractivity contribution in [2.45, 2.75) is 85.2 Å². The number of hydrogen-bond acceptors (Lipinski definition) is 2. The van der Waals surface area contributed by atoms with E-state index in [4.69, 9.17) is 0 Å². The second kappa shape index (κ2) is 10.7. The van der Waals surface area contributed by atoms with Crippen molar-refractivity contribution in [3.05, 3.63) is 36.5 Å². The van der Waals surface area contributed by atoms with Crippen LogP contribution in [-0.4, -0.2) is 28.8 Å². The Bertz CT molecular complexity index is 427. The van der Waals surface area contributed by atoms with Crippen LogP contribution in [0.4, 0.5) is 0 Å². The van der Waals surface area contributed by atoms with Gasteiger partial charge in [-0.25, -0.2) is 0 Å². The number of rotatable bonds is 12. The zero-order chi connectivity index (χ0) is 18.8. The summed E-state index contributed by atoms with van der Waals surface area (Å²) in [4.78, 5) is 13.6. The first kappa shape index (κ1) is 22.9. The molecule has 0 aliphatic rings. The van der Waals surface area contributed by atoms with Crippen LogP contribution in [0.15, 0.2) is 36.5 Å². The predicted molar refractivity (Wildman–Crippen MR) is 107 cm³/mol. The van der Waals surface area contributed by atoms with Gasteiger partial charge in [0, 0.05) is 24.0 Å². The Hall–Kier alpha value is -1.15.